The number of hydrogen-bond acceptors (Lipinski definition) is 2. The molecule has 0 bridgehead atoms. The molecule has 0 aromatic carbocycles. The van der Waals surface area contributed by atoms with E-state index in [0.29, 0.717) is 0 Å². The quantitative estimate of drug-likeness (QED) is 0.779. The minimum Gasteiger partial charge on any atom is -0.481 e. The number of carboxylic acid groups (broad SMARTS) is 1. The Bertz CT molecular complexity index is 290. The van der Waals surface area contributed by atoms with Gasteiger partial charge in [0.25, 0.3) is 0 Å². The maximum atomic E-state index is 12.1. The minimum absolute atomic E-state index is 0.122. The van der Waals surface area contributed by atoms with Gasteiger partial charge in [-0.15, -0.1) is 0 Å². The van der Waals surface area contributed by atoms with E-state index in [1.54, 1.807) is 0 Å². The fourth-order valence-corrected chi connectivity index (χ4v) is 1.60. The fraction of sp³-hybridized carbons (Fsp3) is 0.846. The maximum Gasteiger partial charge on any atom is 0.304 e. The molecule has 0 fully saturated rings. The third kappa shape index (κ3) is 5.71. The number of nitrogens with one attached hydrogen (secondary N) is 1. The Morgan fingerprint density at radius 1 is 1.18 bits per heavy atom. The van der Waals surface area contributed by atoms with Crippen LogP contribution in [-0.2, 0) is 9.59 Å². The highest BCUT2D eigenvalue weighted by atomic mass is 16.4. The summed E-state index contributed by atoms with van der Waals surface area (Å²) in [4.78, 5) is 23.0. The van der Waals surface area contributed by atoms with Gasteiger partial charge in [0.05, 0.1) is 12.3 Å². The molecule has 17 heavy (non-hydrogen) atoms. The molecular formula is C13H25NO3. The molecule has 0 aliphatic heterocycles. The number of carbonyl (C=O) groups excluding carboxylic acids is 1. The van der Waals surface area contributed by atoms with E-state index in [1.807, 2.05) is 41.5 Å². The third-order valence-electron chi connectivity index (χ3n) is 3.05. The lowest BCUT2D eigenvalue weighted by Crippen LogP contribution is -2.48. The van der Waals surface area contributed by atoms with E-state index in [-0.39, 0.29) is 23.3 Å². The summed E-state index contributed by atoms with van der Waals surface area (Å²) in [5.41, 5.74) is -0.647. The molecule has 0 aliphatic carbocycles. The summed E-state index contributed by atoms with van der Waals surface area (Å²) in [5.74, 6) is -1.60. The first-order valence-corrected chi connectivity index (χ1v) is 6.03. The van der Waals surface area contributed by atoms with E-state index in [9.17, 15) is 9.59 Å². The molecule has 0 saturated heterocycles. The first-order valence-electron chi connectivity index (χ1n) is 6.03. The van der Waals surface area contributed by atoms with Crippen LogP contribution in [0.2, 0.25) is 0 Å². The molecule has 4 nitrogen and oxygen atoms in total. The zero-order valence-corrected chi connectivity index (χ0v) is 11.8. The van der Waals surface area contributed by atoms with Gasteiger partial charge < -0.3 is 10.4 Å². The molecule has 4 heteroatoms. The van der Waals surface area contributed by atoms with E-state index >= 15 is 0 Å². The van der Waals surface area contributed by atoms with Gasteiger partial charge in [-0.1, -0.05) is 27.2 Å². The van der Waals surface area contributed by atoms with Gasteiger partial charge in [-0.2, -0.15) is 0 Å². The topological polar surface area (TPSA) is 66.4 Å². The number of carboxylic acids is 1. The van der Waals surface area contributed by atoms with Gasteiger partial charge in [0.15, 0.2) is 0 Å². The highest BCUT2D eigenvalue weighted by molar-refractivity contribution is 5.84. The summed E-state index contributed by atoms with van der Waals surface area (Å²) in [6.07, 6.45) is 0.644. The molecule has 0 aromatic rings. The molecule has 1 amide bonds. The molecule has 0 saturated carbocycles. The average molecular weight is 243 g/mol. The van der Waals surface area contributed by atoms with E-state index < -0.39 is 11.9 Å². The van der Waals surface area contributed by atoms with Crippen LogP contribution in [0.15, 0.2) is 0 Å². The summed E-state index contributed by atoms with van der Waals surface area (Å²) in [5, 5.41) is 11.8. The van der Waals surface area contributed by atoms with Crippen LogP contribution < -0.4 is 5.32 Å². The summed E-state index contributed by atoms with van der Waals surface area (Å²) in [6.45, 7) is 11.5. The molecule has 0 aromatic heterocycles. The summed E-state index contributed by atoms with van der Waals surface area (Å²) < 4.78 is 0. The van der Waals surface area contributed by atoms with Crippen molar-refractivity contribution in [1.29, 1.82) is 0 Å². The smallest absolute Gasteiger partial charge is 0.304 e. The Morgan fingerprint density at radius 3 is 1.94 bits per heavy atom. The monoisotopic (exact) mass is 243 g/mol. The lowest BCUT2D eigenvalue weighted by molar-refractivity contribution is -0.144. The molecular weight excluding hydrogens is 218 g/mol. The number of amides is 1. The van der Waals surface area contributed by atoms with Gasteiger partial charge in [0.2, 0.25) is 5.91 Å². The Hall–Kier alpha value is -1.06. The van der Waals surface area contributed by atoms with E-state index in [4.69, 9.17) is 5.11 Å². The lowest BCUT2D eigenvalue weighted by atomic mass is 9.74. The zero-order valence-electron chi connectivity index (χ0n) is 11.8. The van der Waals surface area contributed by atoms with Crippen molar-refractivity contribution in [3.05, 3.63) is 0 Å². The van der Waals surface area contributed by atoms with E-state index in [0.717, 1.165) is 6.42 Å². The predicted molar refractivity (Wildman–Crippen MR) is 67.7 cm³/mol. The van der Waals surface area contributed by atoms with Crippen LogP contribution in [0.1, 0.15) is 54.4 Å². The molecule has 0 heterocycles. The second-order valence-electron chi connectivity index (χ2n) is 6.23. The second kappa shape index (κ2) is 5.52. The van der Waals surface area contributed by atoms with Crippen molar-refractivity contribution in [3.63, 3.8) is 0 Å². The van der Waals surface area contributed by atoms with Crippen LogP contribution in [0.4, 0.5) is 0 Å². The van der Waals surface area contributed by atoms with Crippen molar-refractivity contribution >= 4 is 11.9 Å². The number of rotatable bonds is 5. The highest BCUT2D eigenvalue weighted by Gasteiger charge is 2.36. The molecule has 0 radical (unpaired) electrons. The van der Waals surface area contributed by atoms with Crippen LogP contribution >= 0.6 is 0 Å². The van der Waals surface area contributed by atoms with Crippen molar-refractivity contribution in [2.75, 3.05) is 0 Å². The lowest BCUT2D eigenvalue weighted by Gasteiger charge is -2.34. The molecule has 100 valence electrons. The summed E-state index contributed by atoms with van der Waals surface area (Å²) >= 11 is 0. The van der Waals surface area contributed by atoms with Crippen molar-refractivity contribution in [1.82, 2.24) is 5.32 Å². The van der Waals surface area contributed by atoms with E-state index in [2.05, 4.69) is 5.32 Å². The van der Waals surface area contributed by atoms with Crippen LogP contribution in [0.3, 0.4) is 0 Å². The summed E-state index contributed by atoms with van der Waals surface area (Å²) in [7, 11) is 0. The first-order chi connectivity index (χ1) is 7.49. The third-order valence-corrected chi connectivity index (χ3v) is 3.05. The van der Waals surface area contributed by atoms with Crippen molar-refractivity contribution in [2.45, 2.75) is 59.9 Å². The van der Waals surface area contributed by atoms with Crippen LogP contribution in [0.25, 0.3) is 0 Å². The van der Waals surface area contributed by atoms with Gasteiger partial charge in [0, 0.05) is 5.54 Å². The molecule has 2 N–H and O–H groups in total. The van der Waals surface area contributed by atoms with Gasteiger partial charge in [-0.25, -0.2) is 0 Å². The molecule has 0 spiro atoms. The molecule has 1 unspecified atom stereocenters. The van der Waals surface area contributed by atoms with Crippen LogP contribution in [0, 0.1) is 11.3 Å². The van der Waals surface area contributed by atoms with Crippen molar-refractivity contribution in [2.24, 2.45) is 11.3 Å². The normalized spacial score (nSPS) is 14.2. The Balaban J connectivity index is 4.93. The van der Waals surface area contributed by atoms with Crippen molar-refractivity contribution < 1.29 is 14.7 Å². The van der Waals surface area contributed by atoms with Gasteiger partial charge in [-0.3, -0.25) is 9.59 Å². The standard InChI is InChI=1S/C13H25NO3/c1-7-13(5,6)9(8-10(15)16)11(17)14-12(2,3)4/h9H,7-8H2,1-6H3,(H,14,17)(H,15,16). The predicted octanol–water partition coefficient (Wildman–Crippen LogP) is 2.43. The van der Waals surface area contributed by atoms with Crippen LogP contribution in [0.5, 0.6) is 0 Å². The number of carbonyl (C=O) groups is 2. The number of aliphatic carboxylic acids is 1. The fourth-order valence-electron chi connectivity index (χ4n) is 1.60. The SMILES string of the molecule is CCC(C)(C)C(CC(=O)O)C(=O)NC(C)(C)C. The zero-order chi connectivity index (χ0) is 13.9. The van der Waals surface area contributed by atoms with Gasteiger partial charge in [0.1, 0.15) is 0 Å². The maximum absolute atomic E-state index is 12.1. The minimum atomic E-state index is -0.930. The largest absolute Gasteiger partial charge is 0.481 e. The molecule has 0 aliphatic rings. The first kappa shape index (κ1) is 15.9. The number of hydrogen-bond donors (Lipinski definition) is 2. The highest BCUT2D eigenvalue weighted by Crippen LogP contribution is 2.33. The van der Waals surface area contributed by atoms with Crippen molar-refractivity contribution in [3.8, 4) is 0 Å². The van der Waals surface area contributed by atoms with Crippen LogP contribution in [-0.4, -0.2) is 22.5 Å². The van der Waals surface area contributed by atoms with Gasteiger partial charge >= 0.3 is 5.97 Å². The Morgan fingerprint density at radius 2 is 1.65 bits per heavy atom. The molecule has 0 rings (SSSR count). The second-order valence-corrected chi connectivity index (χ2v) is 6.23. The average Bonchev–Trinajstić information content (AvgIpc) is 2.10. The van der Waals surface area contributed by atoms with Gasteiger partial charge in [-0.05, 0) is 26.2 Å². The molecule has 1 atom stereocenters. The Labute approximate surface area is 104 Å². The Kier molecular flexibility index (Phi) is 5.17. The van der Waals surface area contributed by atoms with E-state index in [1.165, 1.54) is 0 Å². The summed E-state index contributed by atoms with van der Waals surface area (Å²) in [6, 6.07) is 0.